The third-order valence-electron chi connectivity index (χ3n) is 3.53. The van der Waals surface area contributed by atoms with Crippen molar-refractivity contribution < 1.29 is 9.84 Å². The van der Waals surface area contributed by atoms with Gasteiger partial charge in [0, 0.05) is 13.2 Å². The van der Waals surface area contributed by atoms with E-state index in [0.717, 1.165) is 23.9 Å². The third-order valence-corrected chi connectivity index (χ3v) is 3.53. The molecule has 5 nitrogen and oxygen atoms in total. The number of aromatic nitrogens is 2. The van der Waals surface area contributed by atoms with Gasteiger partial charge >= 0.3 is 0 Å². The summed E-state index contributed by atoms with van der Waals surface area (Å²) >= 11 is 0. The number of hydrogen-bond donors (Lipinski definition) is 3. The van der Waals surface area contributed by atoms with Crippen LogP contribution in [0.25, 0.3) is 11.0 Å². The van der Waals surface area contributed by atoms with E-state index in [4.69, 9.17) is 4.74 Å². The molecule has 0 spiro atoms. The number of imidazole rings is 1. The second-order valence-corrected chi connectivity index (χ2v) is 4.78. The molecule has 0 bridgehead atoms. The summed E-state index contributed by atoms with van der Waals surface area (Å²) in [4.78, 5) is 7.71. The molecule has 1 aliphatic heterocycles. The van der Waals surface area contributed by atoms with E-state index in [1.165, 1.54) is 0 Å². The zero-order valence-electron chi connectivity index (χ0n) is 10.1. The number of anilines is 1. The van der Waals surface area contributed by atoms with E-state index in [0.29, 0.717) is 19.2 Å². The summed E-state index contributed by atoms with van der Waals surface area (Å²) in [5, 5.41) is 13.0. The smallest absolute Gasteiger partial charge is 0.201 e. The first-order valence-corrected chi connectivity index (χ1v) is 6.23. The Morgan fingerprint density at radius 1 is 1.33 bits per heavy atom. The lowest BCUT2D eigenvalue weighted by Crippen LogP contribution is -2.47. The Bertz CT molecular complexity index is 499. The number of aliphatic hydroxyl groups is 1. The molecule has 3 rings (SSSR count). The molecule has 0 unspecified atom stereocenters. The second kappa shape index (κ2) is 4.59. The highest BCUT2D eigenvalue weighted by Crippen LogP contribution is 2.25. The fraction of sp³-hybridized carbons (Fsp3) is 0.462. The van der Waals surface area contributed by atoms with Crippen LogP contribution >= 0.6 is 0 Å². The van der Waals surface area contributed by atoms with Gasteiger partial charge in [-0.1, -0.05) is 12.1 Å². The summed E-state index contributed by atoms with van der Waals surface area (Å²) in [6, 6.07) is 7.89. The number of H-pyrrole nitrogens is 1. The second-order valence-electron chi connectivity index (χ2n) is 4.78. The van der Waals surface area contributed by atoms with E-state index in [-0.39, 0.29) is 12.1 Å². The van der Waals surface area contributed by atoms with Crippen LogP contribution in [0.2, 0.25) is 0 Å². The van der Waals surface area contributed by atoms with Crippen molar-refractivity contribution >= 4 is 17.0 Å². The Balaban J connectivity index is 1.85. The fourth-order valence-electron chi connectivity index (χ4n) is 2.35. The van der Waals surface area contributed by atoms with Gasteiger partial charge in [-0.3, -0.25) is 0 Å². The number of aromatic amines is 1. The van der Waals surface area contributed by atoms with Crippen LogP contribution in [0.3, 0.4) is 0 Å². The van der Waals surface area contributed by atoms with E-state index in [9.17, 15) is 5.11 Å². The number of benzene rings is 1. The highest BCUT2D eigenvalue weighted by Gasteiger charge is 2.32. The average molecular weight is 247 g/mol. The number of nitrogens with one attached hydrogen (secondary N) is 2. The number of para-hydroxylation sites is 2. The molecule has 2 aromatic rings. The normalized spacial score (nSPS) is 18.9. The van der Waals surface area contributed by atoms with Crippen LogP contribution in [-0.4, -0.2) is 40.4 Å². The van der Waals surface area contributed by atoms with Gasteiger partial charge in [-0.25, -0.2) is 4.98 Å². The quantitative estimate of drug-likeness (QED) is 0.769. The topological polar surface area (TPSA) is 70.2 Å². The minimum atomic E-state index is -0.313. The minimum Gasteiger partial charge on any atom is -0.394 e. The highest BCUT2D eigenvalue weighted by molar-refractivity contribution is 5.77. The van der Waals surface area contributed by atoms with Gasteiger partial charge in [-0.15, -0.1) is 0 Å². The molecule has 0 atom stereocenters. The van der Waals surface area contributed by atoms with Crippen molar-refractivity contribution in [3.63, 3.8) is 0 Å². The third kappa shape index (κ3) is 2.07. The van der Waals surface area contributed by atoms with Gasteiger partial charge in [0.25, 0.3) is 0 Å². The molecule has 0 saturated carbocycles. The Hall–Kier alpha value is -1.59. The van der Waals surface area contributed by atoms with Crippen LogP contribution in [-0.2, 0) is 4.74 Å². The van der Waals surface area contributed by atoms with Crippen molar-refractivity contribution in [3.05, 3.63) is 24.3 Å². The Morgan fingerprint density at radius 3 is 2.83 bits per heavy atom. The van der Waals surface area contributed by atoms with E-state index < -0.39 is 0 Å². The van der Waals surface area contributed by atoms with E-state index >= 15 is 0 Å². The van der Waals surface area contributed by atoms with Crippen molar-refractivity contribution in [1.29, 1.82) is 0 Å². The monoisotopic (exact) mass is 247 g/mol. The SMILES string of the molecule is OCC1(Nc2nc3ccccc3[nH]2)CCOCC1. The maximum Gasteiger partial charge on any atom is 0.201 e. The Labute approximate surface area is 105 Å². The number of hydrogen-bond acceptors (Lipinski definition) is 4. The van der Waals surface area contributed by atoms with Crippen LogP contribution in [0.15, 0.2) is 24.3 Å². The number of nitrogens with zero attached hydrogens (tertiary/aromatic N) is 1. The molecule has 1 aromatic carbocycles. The maximum atomic E-state index is 9.62. The number of fused-ring (bicyclic) bond motifs is 1. The van der Waals surface area contributed by atoms with Gasteiger partial charge in [-0.2, -0.15) is 0 Å². The van der Waals surface area contributed by atoms with Gasteiger partial charge in [0.2, 0.25) is 5.95 Å². The number of aliphatic hydroxyl groups excluding tert-OH is 1. The van der Waals surface area contributed by atoms with Crippen molar-refractivity contribution in [2.75, 3.05) is 25.1 Å². The molecule has 0 aliphatic carbocycles. The molecule has 18 heavy (non-hydrogen) atoms. The molecule has 1 fully saturated rings. The number of rotatable bonds is 3. The zero-order valence-corrected chi connectivity index (χ0v) is 10.1. The molecule has 5 heteroatoms. The molecule has 1 saturated heterocycles. The largest absolute Gasteiger partial charge is 0.394 e. The van der Waals surface area contributed by atoms with Gasteiger partial charge in [0.15, 0.2) is 0 Å². The lowest BCUT2D eigenvalue weighted by atomic mass is 9.91. The van der Waals surface area contributed by atoms with Crippen molar-refractivity contribution in [2.45, 2.75) is 18.4 Å². The first-order valence-electron chi connectivity index (χ1n) is 6.23. The molecular formula is C13H17N3O2. The van der Waals surface area contributed by atoms with Crippen LogP contribution in [0.4, 0.5) is 5.95 Å². The number of ether oxygens (including phenoxy) is 1. The lowest BCUT2D eigenvalue weighted by Gasteiger charge is -2.36. The van der Waals surface area contributed by atoms with Crippen LogP contribution in [0, 0.1) is 0 Å². The molecule has 1 aliphatic rings. The summed E-state index contributed by atoms with van der Waals surface area (Å²) in [6.45, 7) is 1.44. The van der Waals surface area contributed by atoms with Gasteiger partial charge < -0.3 is 20.1 Å². The fourth-order valence-corrected chi connectivity index (χ4v) is 2.35. The Morgan fingerprint density at radius 2 is 2.11 bits per heavy atom. The summed E-state index contributed by atoms with van der Waals surface area (Å²) in [7, 11) is 0. The Kier molecular flexibility index (Phi) is 2.93. The van der Waals surface area contributed by atoms with Crippen LogP contribution < -0.4 is 5.32 Å². The molecule has 3 N–H and O–H groups in total. The average Bonchev–Trinajstić information content (AvgIpc) is 2.81. The van der Waals surface area contributed by atoms with E-state index in [1.54, 1.807) is 0 Å². The van der Waals surface area contributed by atoms with Crippen molar-refractivity contribution in [1.82, 2.24) is 9.97 Å². The predicted octanol–water partition coefficient (Wildman–Crippen LogP) is 1.52. The van der Waals surface area contributed by atoms with Crippen molar-refractivity contribution in [3.8, 4) is 0 Å². The summed E-state index contributed by atoms with van der Waals surface area (Å²) in [5.74, 6) is 0.715. The van der Waals surface area contributed by atoms with Crippen molar-refractivity contribution in [2.24, 2.45) is 0 Å². The summed E-state index contributed by atoms with van der Waals surface area (Å²) < 4.78 is 5.34. The van der Waals surface area contributed by atoms with Crippen LogP contribution in [0.5, 0.6) is 0 Å². The van der Waals surface area contributed by atoms with E-state index in [2.05, 4.69) is 15.3 Å². The first-order chi connectivity index (χ1) is 8.81. The zero-order chi connectivity index (χ0) is 12.4. The minimum absolute atomic E-state index is 0.0907. The van der Waals surface area contributed by atoms with E-state index in [1.807, 2.05) is 24.3 Å². The predicted molar refractivity (Wildman–Crippen MR) is 69.6 cm³/mol. The molecule has 96 valence electrons. The highest BCUT2D eigenvalue weighted by atomic mass is 16.5. The standard InChI is InChI=1S/C13H17N3O2/c17-9-13(5-7-18-8-6-13)16-12-14-10-3-1-2-4-11(10)15-12/h1-4,17H,5-9H2,(H2,14,15,16). The van der Waals surface area contributed by atoms with Gasteiger partial charge in [0.1, 0.15) is 0 Å². The molecular weight excluding hydrogens is 230 g/mol. The first kappa shape index (κ1) is 11.5. The summed E-state index contributed by atoms with van der Waals surface area (Å²) in [5.41, 5.74) is 1.62. The van der Waals surface area contributed by atoms with Gasteiger partial charge in [-0.05, 0) is 25.0 Å². The molecule has 2 heterocycles. The molecule has 0 amide bonds. The molecule has 0 radical (unpaired) electrons. The van der Waals surface area contributed by atoms with Gasteiger partial charge in [0.05, 0.1) is 23.2 Å². The summed E-state index contributed by atoms with van der Waals surface area (Å²) in [6.07, 6.45) is 1.58. The van der Waals surface area contributed by atoms with Crippen LogP contribution in [0.1, 0.15) is 12.8 Å². The molecule has 1 aromatic heterocycles. The lowest BCUT2D eigenvalue weighted by molar-refractivity contribution is 0.0377. The maximum absolute atomic E-state index is 9.62.